The quantitative estimate of drug-likeness (QED) is 0.248. The van der Waals surface area contributed by atoms with Gasteiger partial charge in [-0.25, -0.2) is 15.4 Å². The molecule has 0 fully saturated rings. The van der Waals surface area contributed by atoms with Gasteiger partial charge < -0.3 is 4.57 Å². The van der Waals surface area contributed by atoms with Crippen molar-refractivity contribution in [3.8, 4) is 5.69 Å². The van der Waals surface area contributed by atoms with Crippen LogP contribution >= 0.6 is 11.8 Å². The highest BCUT2D eigenvalue weighted by atomic mass is 32.2. The Morgan fingerprint density at radius 2 is 1.69 bits per heavy atom. The maximum atomic E-state index is 12.2. The molecule has 1 aromatic carbocycles. The van der Waals surface area contributed by atoms with Crippen LogP contribution in [0.5, 0.6) is 0 Å². The molecule has 2 heterocycles. The Labute approximate surface area is 194 Å². The van der Waals surface area contributed by atoms with Gasteiger partial charge in [-0.2, -0.15) is 5.10 Å². The Morgan fingerprint density at radius 1 is 1.06 bits per heavy atom. The standard InChI is InChI=1S/C25H31N5OS/c1-16-12-17(2)28-24(27-16)32-15-23(31)29-26-14-20-13-18(3)30(19(20)4)22-10-8-21(9-11-22)25(5,6)7/h8-14H,15H2,1-7H3,(H,29,31). The summed E-state index contributed by atoms with van der Waals surface area (Å²) in [5.41, 5.74) is 10.1. The molecule has 0 saturated heterocycles. The summed E-state index contributed by atoms with van der Waals surface area (Å²) in [5, 5.41) is 4.75. The van der Waals surface area contributed by atoms with Crippen molar-refractivity contribution in [3.05, 3.63) is 70.3 Å². The molecule has 0 saturated carbocycles. The minimum absolute atomic E-state index is 0.123. The van der Waals surface area contributed by atoms with Gasteiger partial charge in [-0.05, 0) is 62.9 Å². The number of nitrogens with one attached hydrogen (secondary N) is 1. The van der Waals surface area contributed by atoms with Gasteiger partial charge in [-0.15, -0.1) is 0 Å². The molecule has 0 aliphatic rings. The number of amides is 1. The number of aryl methyl sites for hydroxylation is 3. The normalized spacial score (nSPS) is 11.8. The SMILES string of the molecule is Cc1cc(C)nc(SCC(=O)NN=Cc2cc(C)n(-c3ccc(C(C)(C)C)cc3)c2C)n1. The third-order valence-corrected chi connectivity index (χ3v) is 6.00. The summed E-state index contributed by atoms with van der Waals surface area (Å²) < 4.78 is 2.20. The minimum Gasteiger partial charge on any atom is -0.318 e. The number of thioether (sulfide) groups is 1. The van der Waals surface area contributed by atoms with Gasteiger partial charge in [-0.1, -0.05) is 44.7 Å². The summed E-state index contributed by atoms with van der Waals surface area (Å²) in [5.74, 6) is 0.0138. The maximum Gasteiger partial charge on any atom is 0.250 e. The number of hydrogen-bond acceptors (Lipinski definition) is 5. The van der Waals surface area contributed by atoms with Crippen LogP contribution in [-0.2, 0) is 10.2 Å². The Balaban J connectivity index is 1.64. The van der Waals surface area contributed by atoms with Gasteiger partial charge in [0, 0.05) is 34.0 Å². The number of aromatic nitrogens is 3. The number of carbonyl (C=O) groups is 1. The van der Waals surface area contributed by atoms with Crippen molar-refractivity contribution in [1.82, 2.24) is 20.0 Å². The van der Waals surface area contributed by atoms with Crippen LogP contribution in [0.2, 0.25) is 0 Å². The lowest BCUT2D eigenvalue weighted by Crippen LogP contribution is -2.19. The van der Waals surface area contributed by atoms with Crippen molar-refractivity contribution in [2.24, 2.45) is 5.10 Å². The van der Waals surface area contributed by atoms with Crippen molar-refractivity contribution in [1.29, 1.82) is 0 Å². The highest BCUT2D eigenvalue weighted by Crippen LogP contribution is 2.25. The molecule has 1 amide bonds. The Morgan fingerprint density at radius 3 is 2.28 bits per heavy atom. The second-order valence-corrected chi connectivity index (χ2v) is 9.92. The van der Waals surface area contributed by atoms with Crippen LogP contribution in [-0.4, -0.2) is 32.4 Å². The van der Waals surface area contributed by atoms with E-state index in [4.69, 9.17) is 0 Å². The number of nitrogens with zero attached hydrogens (tertiary/aromatic N) is 4. The third-order valence-electron chi connectivity index (χ3n) is 5.15. The monoisotopic (exact) mass is 449 g/mol. The second kappa shape index (κ2) is 9.69. The Bertz CT molecular complexity index is 1120. The van der Waals surface area contributed by atoms with E-state index in [0.29, 0.717) is 5.16 Å². The predicted octanol–water partition coefficient (Wildman–Crippen LogP) is 5.04. The summed E-state index contributed by atoms with van der Waals surface area (Å²) in [6.45, 7) is 14.6. The highest BCUT2D eigenvalue weighted by molar-refractivity contribution is 7.99. The fraction of sp³-hybridized carbons (Fsp3) is 0.360. The van der Waals surface area contributed by atoms with Crippen molar-refractivity contribution in [3.63, 3.8) is 0 Å². The largest absolute Gasteiger partial charge is 0.318 e. The molecule has 0 aliphatic heterocycles. The van der Waals surface area contributed by atoms with Crippen molar-refractivity contribution < 1.29 is 4.79 Å². The topological polar surface area (TPSA) is 72.2 Å². The molecule has 32 heavy (non-hydrogen) atoms. The first-order chi connectivity index (χ1) is 15.0. The maximum absolute atomic E-state index is 12.2. The number of carbonyl (C=O) groups excluding carboxylic acids is 1. The van der Waals surface area contributed by atoms with Gasteiger partial charge in [-0.3, -0.25) is 4.79 Å². The van der Waals surface area contributed by atoms with Crippen LogP contribution in [0.25, 0.3) is 5.69 Å². The van der Waals surface area contributed by atoms with E-state index in [9.17, 15) is 4.79 Å². The van der Waals surface area contributed by atoms with Gasteiger partial charge in [0.25, 0.3) is 5.91 Å². The first-order valence-corrected chi connectivity index (χ1v) is 11.6. The number of benzene rings is 1. The molecule has 3 aromatic rings. The summed E-state index contributed by atoms with van der Waals surface area (Å²) in [4.78, 5) is 20.8. The smallest absolute Gasteiger partial charge is 0.250 e. The molecule has 0 unspecified atom stereocenters. The van der Waals surface area contributed by atoms with Crippen LogP contribution in [0, 0.1) is 27.7 Å². The molecule has 6 nitrogen and oxygen atoms in total. The zero-order valence-corrected chi connectivity index (χ0v) is 20.7. The van der Waals surface area contributed by atoms with E-state index in [-0.39, 0.29) is 17.1 Å². The van der Waals surface area contributed by atoms with Crippen LogP contribution < -0.4 is 5.43 Å². The predicted molar refractivity (Wildman–Crippen MR) is 132 cm³/mol. The van der Waals surface area contributed by atoms with Crippen molar-refractivity contribution >= 4 is 23.9 Å². The van der Waals surface area contributed by atoms with E-state index in [1.165, 1.54) is 17.3 Å². The van der Waals surface area contributed by atoms with Crippen LogP contribution in [0.4, 0.5) is 0 Å². The molecule has 0 atom stereocenters. The Kier molecular flexibility index (Phi) is 7.19. The molecular formula is C25H31N5OS. The average molecular weight is 450 g/mol. The van der Waals surface area contributed by atoms with E-state index in [1.807, 2.05) is 19.9 Å². The van der Waals surface area contributed by atoms with Gasteiger partial charge in [0.15, 0.2) is 5.16 Å². The summed E-state index contributed by atoms with van der Waals surface area (Å²) in [6, 6.07) is 12.6. The van der Waals surface area contributed by atoms with Gasteiger partial charge in [0.05, 0.1) is 12.0 Å². The zero-order chi connectivity index (χ0) is 23.5. The fourth-order valence-electron chi connectivity index (χ4n) is 3.52. The van der Waals surface area contributed by atoms with E-state index in [0.717, 1.165) is 34.0 Å². The molecule has 0 radical (unpaired) electrons. The number of hydrazone groups is 1. The van der Waals surface area contributed by atoms with Crippen molar-refractivity contribution in [2.75, 3.05) is 5.75 Å². The molecule has 0 spiro atoms. The van der Waals surface area contributed by atoms with E-state index in [2.05, 4.69) is 90.0 Å². The molecule has 7 heteroatoms. The Hall–Kier alpha value is -2.93. The molecule has 0 bridgehead atoms. The van der Waals surface area contributed by atoms with Crippen LogP contribution in [0.1, 0.15) is 54.7 Å². The van der Waals surface area contributed by atoms with Crippen LogP contribution in [0.15, 0.2) is 46.7 Å². The zero-order valence-electron chi connectivity index (χ0n) is 19.9. The molecule has 2 aromatic heterocycles. The molecule has 1 N–H and O–H groups in total. The number of hydrogen-bond donors (Lipinski definition) is 1. The van der Waals surface area contributed by atoms with E-state index < -0.39 is 0 Å². The van der Waals surface area contributed by atoms with Crippen molar-refractivity contribution in [2.45, 2.75) is 59.0 Å². The van der Waals surface area contributed by atoms with Gasteiger partial charge >= 0.3 is 0 Å². The van der Waals surface area contributed by atoms with E-state index >= 15 is 0 Å². The first-order valence-electron chi connectivity index (χ1n) is 10.6. The summed E-state index contributed by atoms with van der Waals surface area (Å²) in [6.07, 6.45) is 1.69. The summed E-state index contributed by atoms with van der Waals surface area (Å²) in [7, 11) is 0. The fourth-order valence-corrected chi connectivity index (χ4v) is 4.26. The van der Waals surface area contributed by atoms with Gasteiger partial charge in [0.2, 0.25) is 0 Å². The van der Waals surface area contributed by atoms with Crippen LogP contribution in [0.3, 0.4) is 0 Å². The molecular weight excluding hydrogens is 418 g/mol. The second-order valence-electron chi connectivity index (χ2n) is 8.97. The first kappa shape index (κ1) is 23.7. The summed E-state index contributed by atoms with van der Waals surface area (Å²) >= 11 is 1.30. The highest BCUT2D eigenvalue weighted by Gasteiger charge is 2.15. The molecule has 0 aliphatic carbocycles. The molecule has 168 valence electrons. The minimum atomic E-state index is -0.194. The number of rotatable bonds is 6. The van der Waals surface area contributed by atoms with Gasteiger partial charge in [0.1, 0.15) is 0 Å². The lowest BCUT2D eigenvalue weighted by atomic mass is 9.87. The van der Waals surface area contributed by atoms with E-state index in [1.54, 1.807) is 6.21 Å². The lowest BCUT2D eigenvalue weighted by Gasteiger charge is -2.20. The molecule has 3 rings (SSSR count). The average Bonchev–Trinajstić information content (AvgIpc) is 2.98. The third kappa shape index (κ3) is 5.85. The lowest BCUT2D eigenvalue weighted by molar-refractivity contribution is -0.118.